The van der Waals surface area contributed by atoms with Crippen LogP contribution < -0.4 is 0 Å². The molecule has 14 heavy (non-hydrogen) atoms. The Bertz CT molecular complexity index is 222. The van der Waals surface area contributed by atoms with E-state index in [-0.39, 0.29) is 6.10 Å². The number of aliphatic hydroxyl groups is 1. The lowest BCUT2D eigenvalue weighted by Gasteiger charge is -2.26. The van der Waals surface area contributed by atoms with E-state index >= 15 is 0 Å². The predicted molar refractivity (Wildman–Crippen MR) is 55.8 cm³/mol. The molecule has 0 amide bonds. The fraction of sp³-hybridized carbons (Fsp3) is 0.833. The van der Waals surface area contributed by atoms with Gasteiger partial charge in [0.2, 0.25) is 0 Å². The summed E-state index contributed by atoms with van der Waals surface area (Å²) in [7, 11) is 0. The molecule has 2 rings (SSSR count). The Morgan fingerprint density at radius 2 is 2.29 bits per heavy atom. The number of rotatable bonds is 2. The van der Waals surface area contributed by atoms with Crippen LogP contribution in [0.4, 0.5) is 0 Å². The maximum Gasteiger partial charge on any atom is 0.0876 e. The van der Waals surface area contributed by atoms with Gasteiger partial charge in [-0.3, -0.25) is 0 Å². The molecule has 1 heterocycles. The average molecular weight is 196 g/mol. The summed E-state index contributed by atoms with van der Waals surface area (Å²) in [6, 6.07) is 0. The third-order valence-corrected chi connectivity index (χ3v) is 3.68. The van der Waals surface area contributed by atoms with Gasteiger partial charge in [0.25, 0.3) is 0 Å². The molecule has 2 nitrogen and oxygen atoms in total. The van der Waals surface area contributed by atoms with E-state index in [1.165, 1.54) is 19.3 Å². The van der Waals surface area contributed by atoms with Crippen LogP contribution in [0, 0.1) is 11.8 Å². The molecule has 80 valence electrons. The Balaban J connectivity index is 1.99. The van der Waals surface area contributed by atoms with Crippen LogP contribution in [0.5, 0.6) is 0 Å². The number of hydrogen-bond donors (Lipinski definition) is 1. The molecule has 1 aliphatic carbocycles. The maximum atomic E-state index is 10.2. The van der Waals surface area contributed by atoms with Crippen molar-refractivity contribution in [3.63, 3.8) is 0 Å². The first-order valence-corrected chi connectivity index (χ1v) is 5.77. The van der Waals surface area contributed by atoms with E-state index in [1.807, 2.05) is 0 Å². The number of hydrogen-bond acceptors (Lipinski definition) is 2. The van der Waals surface area contributed by atoms with Crippen LogP contribution >= 0.6 is 0 Å². The zero-order valence-electron chi connectivity index (χ0n) is 8.91. The molecule has 1 saturated carbocycles. The molecule has 0 aromatic carbocycles. The SMILES string of the molecule is CC1CCCC1C(O)C1=COCCC1. The molecule has 0 aromatic rings. The van der Waals surface area contributed by atoms with Crippen molar-refractivity contribution < 1.29 is 9.84 Å². The average Bonchev–Trinajstić information content (AvgIpc) is 2.65. The van der Waals surface area contributed by atoms with Gasteiger partial charge in [-0.15, -0.1) is 0 Å². The van der Waals surface area contributed by atoms with E-state index in [4.69, 9.17) is 4.74 Å². The van der Waals surface area contributed by atoms with Crippen molar-refractivity contribution in [1.29, 1.82) is 0 Å². The van der Waals surface area contributed by atoms with Gasteiger partial charge in [-0.25, -0.2) is 0 Å². The minimum atomic E-state index is -0.243. The fourth-order valence-corrected chi connectivity index (χ4v) is 2.72. The summed E-state index contributed by atoms with van der Waals surface area (Å²) in [6.07, 6.45) is 7.35. The summed E-state index contributed by atoms with van der Waals surface area (Å²) in [5.74, 6) is 1.15. The van der Waals surface area contributed by atoms with E-state index in [2.05, 4.69) is 6.92 Å². The first-order chi connectivity index (χ1) is 6.79. The van der Waals surface area contributed by atoms with Gasteiger partial charge in [0.1, 0.15) is 0 Å². The molecule has 0 aromatic heterocycles. The van der Waals surface area contributed by atoms with Crippen LogP contribution in [-0.4, -0.2) is 17.8 Å². The smallest absolute Gasteiger partial charge is 0.0876 e. The Labute approximate surface area is 86.0 Å². The highest BCUT2D eigenvalue weighted by atomic mass is 16.5. The van der Waals surface area contributed by atoms with Crippen molar-refractivity contribution in [1.82, 2.24) is 0 Å². The van der Waals surface area contributed by atoms with Crippen LogP contribution in [0.2, 0.25) is 0 Å². The highest BCUT2D eigenvalue weighted by molar-refractivity contribution is 5.09. The molecule has 0 spiro atoms. The molecule has 0 radical (unpaired) electrons. The van der Waals surface area contributed by atoms with E-state index < -0.39 is 0 Å². The second kappa shape index (κ2) is 4.35. The molecule has 1 N–H and O–H groups in total. The fourth-order valence-electron chi connectivity index (χ4n) is 2.72. The lowest BCUT2D eigenvalue weighted by Crippen LogP contribution is -2.26. The quantitative estimate of drug-likeness (QED) is 0.735. The third-order valence-electron chi connectivity index (χ3n) is 3.68. The largest absolute Gasteiger partial charge is 0.501 e. The minimum Gasteiger partial charge on any atom is -0.501 e. The third kappa shape index (κ3) is 1.95. The molecular formula is C12H20O2. The normalized spacial score (nSPS) is 34.9. The minimum absolute atomic E-state index is 0.243. The van der Waals surface area contributed by atoms with Crippen LogP contribution in [0.15, 0.2) is 11.8 Å². The molecule has 3 unspecified atom stereocenters. The van der Waals surface area contributed by atoms with E-state index in [1.54, 1.807) is 6.26 Å². The van der Waals surface area contributed by atoms with Crippen molar-refractivity contribution in [2.45, 2.75) is 45.1 Å². The Hall–Kier alpha value is -0.500. The summed E-state index contributed by atoms with van der Waals surface area (Å²) in [4.78, 5) is 0. The first-order valence-electron chi connectivity index (χ1n) is 5.77. The standard InChI is InChI=1S/C12H20O2/c1-9-4-2-6-11(9)12(13)10-5-3-7-14-8-10/h8-9,11-13H,2-7H2,1H3. The summed E-state index contributed by atoms with van der Waals surface area (Å²) < 4.78 is 5.28. The Kier molecular flexibility index (Phi) is 3.12. The summed E-state index contributed by atoms with van der Waals surface area (Å²) in [5, 5.41) is 10.2. The molecule has 2 heteroatoms. The lowest BCUT2D eigenvalue weighted by molar-refractivity contribution is 0.104. The van der Waals surface area contributed by atoms with Gasteiger partial charge in [0.05, 0.1) is 19.0 Å². The molecule has 1 aliphatic heterocycles. The summed E-state index contributed by atoms with van der Waals surface area (Å²) in [6.45, 7) is 3.07. The molecular weight excluding hydrogens is 176 g/mol. The van der Waals surface area contributed by atoms with Gasteiger partial charge in [-0.1, -0.05) is 19.8 Å². The maximum absolute atomic E-state index is 10.2. The number of ether oxygens (including phenoxy) is 1. The molecule has 0 bridgehead atoms. The monoisotopic (exact) mass is 196 g/mol. The van der Waals surface area contributed by atoms with Gasteiger partial charge in [-0.05, 0) is 36.7 Å². The van der Waals surface area contributed by atoms with E-state index in [0.29, 0.717) is 11.8 Å². The molecule has 0 saturated heterocycles. The van der Waals surface area contributed by atoms with Crippen LogP contribution in [0.3, 0.4) is 0 Å². The van der Waals surface area contributed by atoms with Crippen molar-refractivity contribution >= 4 is 0 Å². The van der Waals surface area contributed by atoms with Crippen molar-refractivity contribution in [3.8, 4) is 0 Å². The predicted octanol–water partition coefficient (Wildman–Crippen LogP) is 2.48. The van der Waals surface area contributed by atoms with Crippen LogP contribution in [0.25, 0.3) is 0 Å². The Morgan fingerprint density at radius 3 is 2.86 bits per heavy atom. The van der Waals surface area contributed by atoms with Gasteiger partial charge < -0.3 is 9.84 Å². The Morgan fingerprint density at radius 1 is 1.43 bits per heavy atom. The highest BCUT2D eigenvalue weighted by Gasteiger charge is 2.32. The van der Waals surface area contributed by atoms with Crippen molar-refractivity contribution in [2.24, 2.45) is 11.8 Å². The second-order valence-electron chi connectivity index (χ2n) is 4.68. The van der Waals surface area contributed by atoms with E-state index in [9.17, 15) is 5.11 Å². The zero-order valence-corrected chi connectivity index (χ0v) is 8.91. The number of aliphatic hydroxyl groups excluding tert-OH is 1. The van der Waals surface area contributed by atoms with E-state index in [0.717, 1.165) is 25.0 Å². The molecule has 3 atom stereocenters. The zero-order chi connectivity index (χ0) is 9.97. The summed E-state index contributed by atoms with van der Waals surface area (Å²) in [5.41, 5.74) is 1.12. The van der Waals surface area contributed by atoms with Gasteiger partial charge >= 0.3 is 0 Å². The summed E-state index contributed by atoms with van der Waals surface area (Å²) >= 11 is 0. The van der Waals surface area contributed by atoms with Gasteiger partial charge in [-0.2, -0.15) is 0 Å². The lowest BCUT2D eigenvalue weighted by atomic mass is 9.86. The molecule has 2 aliphatic rings. The second-order valence-corrected chi connectivity index (χ2v) is 4.68. The van der Waals surface area contributed by atoms with Crippen molar-refractivity contribution in [2.75, 3.05) is 6.61 Å². The van der Waals surface area contributed by atoms with Gasteiger partial charge in [0.15, 0.2) is 0 Å². The van der Waals surface area contributed by atoms with Gasteiger partial charge in [0, 0.05) is 0 Å². The van der Waals surface area contributed by atoms with Crippen molar-refractivity contribution in [3.05, 3.63) is 11.8 Å². The topological polar surface area (TPSA) is 29.5 Å². The molecule has 1 fully saturated rings. The van der Waals surface area contributed by atoms with Crippen LogP contribution in [-0.2, 0) is 4.74 Å². The first kappa shape index (κ1) is 10.0. The van der Waals surface area contributed by atoms with Crippen LogP contribution in [0.1, 0.15) is 39.0 Å². The highest BCUT2D eigenvalue weighted by Crippen LogP contribution is 2.37.